The summed E-state index contributed by atoms with van der Waals surface area (Å²) in [6.07, 6.45) is 4.61. The van der Waals surface area contributed by atoms with Crippen molar-refractivity contribution in [3.05, 3.63) is 0 Å². The summed E-state index contributed by atoms with van der Waals surface area (Å²) < 4.78 is 5.29. The highest BCUT2D eigenvalue weighted by Crippen LogP contribution is 2.49. The molecular formula is C12H22N2O2. The summed E-state index contributed by atoms with van der Waals surface area (Å²) in [6.45, 7) is 5.63. The predicted octanol–water partition coefficient (Wildman–Crippen LogP) is 1.93. The topological polar surface area (TPSA) is 64.3 Å². The molecule has 4 nitrogen and oxygen atoms in total. The van der Waals surface area contributed by atoms with Gasteiger partial charge in [0.2, 0.25) is 0 Å². The molecule has 0 unspecified atom stereocenters. The molecule has 16 heavy (non-hydrogen) atoms. The Hall–Kier alpha value is -0.770. The number of nitrogens with two attached hydrogens (primary N) is 1. The number of alkyl carbamates (subject to hydrolysis) is 1. The number of hydrogen-bond acceptors (Lipinski definition) is 3. The lowest BCUT2D eigenvalue weighted by Crippen LogP contribution is -2.47. The minimum Gasteiger partial charge on any atom is -0.444 e. The van der Waals surface area contributed by atoms with Crippen LogP contribution < -0.4 is 11.1 Å². The molecule has 0 aromatic heterocycles. The van der Waals surface area contributed by atoms with E-state index in [1.54, 1.807) is 0 Å². The predicted molar refractivity (Wildman–Crippen MR) is 62.1 cm³/mol. The smallest absolute Gasteiger partial charge is 0.408 e. The fraction of sp³-hybridized carbons (Fsp3) is 0.917. The van der Waals surface area contributed by atoms with Crippen LogP contribution in [0.3, 0.4) is 0 Å². The summed E-state index contributed by atoms with van der Waals surface area (Å²) in [5, 5.41) is 3.02. The van der Waals surface area contributed by atoms with Gasteiger partial charge in [-0.1, -0.05) is 0 Å². The van der Waals surface area contributed by atoms with Crippen molar-refractivity contribution >= 4 is 6.09 Å². The Morgan fingerprint density at radius 3 is 2.19 bits per heavy atom. The van der Waals surface area contributed by atoms with E-state index in [0.29, 0.717) is 0 Å². The molecular weight excluding hydrogens is 204 g/mol. The first-order valence-corrected chi connectivity index (χ1v) is 6.02. The molecule has 2 rings (SSSR count). The van der Waals surface area contributed by atoms with Crippen LogP contribution in [0.5, 0.6) is 0 Å². The monoisotopic (exact) mass is 226 g/mol. The molecule has 0 heterocycles. The number of carbonyl (C=O) groups excluding carboxylic acids is 1. The van der Waals surface area contributed by atoms with Gasteiger partial charge in [-0.25, -0.2) is 4.79 Å². The largest absolute Gasteiger partial charge is 0.444 e. The van der Waals surface area contributed by atoms with Crippen molar-refractivity contribution in [1.29, 1.82) is 0 Å². The minimum atomic E-state index is -0.433. The van der Waals surface area contributed by atoms with Crippen LogP contribution >= 0.6 is 0 Å². The van der Waals surface area contributed by atoms with Crippen LogP contribution in [0.2, 0.25) is 0 Å². The van der Waals surface area contributed by atoms with Crippen LogP contribution in [0.4, 0.5) is 4.79 Å². The number of hydrogen-bond donors (Lipinski definition) is 2. The van der Waals surface area contributed by atoms with E-state index in [4.69, 9.17) is 10.5 Å². The van der Waals surface area contributed by atoms with Gasteiger partial charge >= 0.3 is 6.09 Å². The van der Waals surface area contributed by atoms with Gasteiger partial charge in [-0.05, 0) is 52.9 Å². The number of ether oxygens (including phenoxy) is 1. The second-order valence-corrected chi connectivity index (χ2v) is 6.45. The fourth-order valence-electron chi connectivity index (χ4n) is 2.94. The summed E-state index contributed by atoms with van der Waals surface area (Å²) in [4.78, 5) is 11.7. The molecule has 2 aliphatic carbocycles. The summed E-state index contributed by atoms with van der Waals surface area (Å²) in [6, 6.07) is 0. The quantitative estimate of drug-likeness (QED) is 0.718. The first-order valence-electron chi connectivity index (χ1n) is 6.02. The molecule has 0 radical (unpaired) electrons. The number of nitrogens with one attached hydrogen (secondary N) is 1. The van der Waals surface area contributed by atoms with E-state index in [9.17, 15) is 4.79 Å². The van der Waals surface area contributed by atoms with Gasteiger partial charge in [0.25, 0.3) is 0 Å². The van der Waals surface area contributed by atoms with Crippen molar-refractivity contribution in [2.75, 3.05) is 0 Å². The first-order chi connectivity index (χ1) is 7.22. The average molecular weight is 226 g/mol. The molecule has 2 fully saturated rings. The Bertz CT molecular complexity index is 299. The van der Waals surface area contributed by atoms with E-state index in [1.807, 2.05) is 20.8 Å². The maximum atomic E-state index is 11.7. The Morgan fingerprint density at radius 2 is 1.81 bits per heavy atom. The number of rotatable bonds is 1. The van der Waals surface area contributed by atoms with Gasteiger partial charge in [0.05, 0.1) is 0 Å². The fourth-order valence-corrected chi connectivity index (χ4v) is 2.94. The molecule has 2 aliphatic rings. The van der Waals surface area contributed by atoms with Crippen LogP contribution in [0, 0.1) is 0 Å². The molecule has 0 aromatic carbocycles. The zero-order chi connectivity index (χ0) is 12.0. The molecule has 0 atom stereocenters. The lowest BCUT2D eigenvalue weighted by Gasteiger charge is -2.29. The van der Waals surface area contributed by atoms with E-state index < -0.39 is 5.60 Å². The van der Waals surface area contributed by atoms with Crippen molar-refractivity contribution in [2.45, 2.75) is 69.6 Å². The van der Waals surface area contributed by atoms with Crippen molar-refractivity contribution in [3.63, 3.8) is 0 Å². The van der Waals surface area contributed by atoms with Gasteiger partial charge < -0.3 is 15.8 Å². The van der Waals surface area contributed by atoms with E-state index in [-0.39, 0.29) is 17.2 Å². The second-order valence-electron chi connectivity index (χ2n) is 6.45. The minimum absolute atomic E-state index is 0.0327. The normalized spacial score (nSPS) is 37.5. The molecule has 4 heteroatoms. The molecule has 92 valence electrons. The summed E-state index contributed by atoms with van der Waals surface area (Å²) in [5.41, 5.74) is 5.64. The first kappa shape index (κ1) is 11.7. The molecule has 3 N–H and O–H groups in total. The van der Waals surface area contributed by atoms with Crippen LogP contribution in [0.15, 0.2) is 0 Å². The Balaban J connectivity index is 1.94. The highest BCUT2D eigenvalue weighted by molar-refractivity contribution is 5.69. The third kappa shape index (κ3) is 2.32. The average Bonchev–Trinajstić information content (AvgIpc) is 2.53. The molecule has 2 bridgehead atoms. The number of amides is 1. The summed E-state index contributed by atoms with van der Waals surface area (Å²) >= 11 is 0. The molecule has 0 saturated heterocycles. The summed E-state index contributed by atoms with van der Waals surface area (Å²) in [7, 11) is 0. The van der Waals surface area contributed by atoms with Crippen molar-refractivity contribution in [3.8, 4) is 0 Å². The zero-order valence-electron chi connectivity index (χ0n) is 10.4. The van der Waals surface area contributed by atoms with E-state index >= 15 is 0 Å². The van der Waals surface area contributed by atoms with Crippen LogP contribution in [-0.4, -0.2) is 22.8 Å². The van der Waals surface area contributed by atoms with Crippen LogP contribution in [-0.2, 0) is 4.74 Å². The molecule has 0 aromatic rings. The molecule has 2 saturated carbocycles. The van der Waals surface area contributed by atoms with Gasteiger partial charge in [-0.2, -0.15) is 0 Å². The van der Waals surface area contributed by atoms with Crippen molar-refractivity contribution in [2.24, 2.45) is 5.73 Å². The van der Waals surface area contributed by atoms with Gasteiger partial charge in [-0.15, -0.1) is 0 Å². The SMILES string of the molecule is CC(C)(C)OC(=O)NC12CCC(N)(CC1)C2. The number of fused-ring (bicyclic) bond motifs is 2. The maximum Gasteiger partial charge on any atom is 0.408 e. The Morgan fingerprint density at radius 1 is 1.25 bits per heavy atom. The van der Waals surface area contributed by atoms with Gasteiger partial charge in [-0.3, -0.25) is 0 Å². The van der Waals surface area contributed by atoms with Crippen LogP contribution in [0.25, 0.3) is 0 Å². The van der Waals surface area contributed by atoms with Gasteiger partial charge in [0.15, 0.2) is 0 Å². The maximum absolute atomic E-state index is 11.7. The molecule has 0 aliphatic heterocycles. The Kier molecular flexibility index (Phi) is 2.46. The third-order valence-electron chi connectivity index (χ3n) is 3.66. The highest BCUT2D eigenvalue weighted by atomic mass is 16.6. The third-order valence-corrected chi connectivity index (χ3v) is 3.66. The van der Waals surface area contributed by atoms with Crippen molar-refractivity contribution in [1.82, 2.24) is 5.32 Å². The highest BCUT2D eigenvalue weighted by Gasteiger charge is 2.53. The second kappa shape index (κ2) is 3.36. The molecule has 1 amide bonds. The summed E-state index contributed by atoms with van der Waals surface area (Å²) in [5.74, 6) is 0. The van der Waals surface area contributed by atoms with Crippen LogP contribution in [0.1, 0.15) is 52.9 Å². The zero-order valence-corrected chi connectivity index (χ0v) is 10.4. The Labute approximate surface area is 96.9 Å². The van der Waals surface area contributed by atoms with E-state index in [1.165, 1.54) is 0 Å². The lowest BCUT2D eigenvalue weighted by molar-refractivity contribution is 0.0458. The van der Waals surface area contributed by atoms with Gasteiger partial charge in [0, 0.05) is 11.1 Å². The standard InChI is InChI=1S/C12H22N2O2/c1-10(2,3)16-9(15)14-12-6-4-11(13,8-12)5-7-12/h4-8,13H2,1-3H3,(H,14,15). The molecule has 0 spiro atoms. The van der Waals surface area contributed by atoms with Crippen molar-refractivity contribution < 1.29 is 9.53 Å². The lowest BCUT2D eigenvalue weighted by atomic mass is 9.92. The van der Waals surface area contributed by atoms with Gasteiger partial charge in [0.1, 0.15) is 5.60 Å². The van der Waals surface area contributed by atoms with E-state index in [0.717, 1.165) is 32.1 Å². The number of carbonyl (C=O) groups is 1. The van der Waals surface area contributed by atoms with E-state index in [2.05, 4.69) is 5.32 Å².